The van der Waals surface area contributed by atoms with E-state index in [4.69, 9.17) is 4.74 Å². The first-order valence-corrected chi connectivity index (χ1v) is 7.50. The molecule has 0 amide bonds. The van der Waals surface area contributed by atoms with Crippen LogP contribution in [0.1, 0.15) is 57.6 Å². The average Bonchev–Trinajstić information content (AvgIpc) is 2.34. The van der Waals surface area contributed by atoms with E-state index < -0.39 is 0 Å². The van der Waals surface area contributed by atoms with Gasteiger partial charge in [-0.1, -0.05) is 33.3 Å². The van der Waals surface area contributed by atoms with Gasteiger partial charge < -0.3 is 10.1 Å². The van der Waals surface area contributed by atoms with Crippen molar-refractivity contribution in [2.24, 2.45) is 0 Å². The first kappa shape index (κ1) is 16.0. The van der Waals surface area contributed by atoms with E-state index >= 15 is 0 Å². The number of benzene rings is 1. The van der Waals surface area contributed by atoms with Crippen LogP contribution in [-0.2, 0) is 0 Å². The van der Waals surface area contributed by atoms with Gasteiger partial charge >= 0.3 is 0 Å². The molecule has 0 saturated heterocycles. The summed E-state index contributed by atoms with van der Waals surface area (Å²) in [6, 6.07) is 7.09. The van der Waals surface area contributed by atoms with E-state index in [9.17, 15) is 0 Å². The van der Waals surface area contributed by atoms with Crippen molar-refractivity contribution < 1.29 is 4.74 Å². The molecule has 0 heterocycles. The molecule has 1 atom stereocenters. The normalized spacial score (nSPS) is 12.7. The van der Waals surface area contributed by atoms with Crippen LogP contribution in [0.25, 0.3) is 0 Å². The molecule has 0 spiro atoms. The summed E-state index contributed by atoms with van der Waals surface area (Å²) in [4.78, 5) is 0. The Hall–Kier alpha value is -1.02. The zero-order valence-corrected chi connectivity index (χ0v) is 13.1. The molecule has 1 unspecified atom stereocenters. The molecule has 1 aromatic carbocycles. The minimum Gasteiger partial charge on any atom is -0.492 e. The van der Waals surface area contributed by atoms with Crippen LogP contribution in [0.2, 0.25) is 0 Å². The Morgan fingerprint density at radius 1 is 1.16 bits per heavy atom. The fourth-order valence-electron chi connectivity index (χ4n) is 2.20. The summed E-state index contributed by atoms with van der Waals surface area (Å²) in [6.07, 6.45) is 2.45. The van der Waals surface area contributed by atoms with Gasteiger partial charge in [-0.3, -0.25) is 0 Å². The van der Waals surface area contributed by atoms with Gasteiger partial charge in [-0.25, -0.2) is 0 Å². The molecule has 1 aromatic rings. The van der Waals surface area contributed by atoms with Gasteiger partial charge in [-0.15, -0.1) is 0 Å². The molecule has 0 aliphatic heterocycles. The topological polar surface area (TPSA) is 21.3 Å². The first-order valence-electron chi connectivity index (χ1n) is 7.50. The number of ether oxygens (including phenoxy) is 1. The Morgan fingerprint density at radius 2 is 1.89 bits per heavy atom. The summed E-state index contributed by atoms with van der Waals surface area (Å²) in [6.45, 7) is 12.6. The number of hydrogen-bond acceptors (Lipinski definition) is 2. The molecule has 19 heavy (non-hydrogen) atoms. The third kappa shape index (κ3) is 6.11. The number of hydrogen-bond donors (Lipinski definition) is 1. The SMILES string of the molecule is CCCC(C)NCCOc1cc(C)cc(C(C)C)c1. The van der Waals surface area contributed by atoms with Crippen LogP contribution >= 0.6 is 0 Å². The lowest BCUT2D eigenvalue weighted by molar-refractivity contribution is 0.304. The average molecular weight is 263 g/mol. The molecule has 0 aliphatic rings. The van der Waals surface area contributed by atoms with Gasteiger partial charge in [0, 0.05) is 12.6 Å². The highest BCUT2D eigenvalue weighted by Gasteiger charge is 2.04. The predicted molar refractivity (Wildman–Crippen MR) is 83.1 cm³/mol. The Morgan fingerprint density at radius 3 is 2.53 bits per heavy atom. The van der Waals surface area contributed by atoms with Crippen LogP contribution < -0.4 is 10.1 Å². The largest absolute Gasteiger partial charge is 0.492 e. The molecule has 0 bridgehead atoms. The van der Waals surface area contributed by atoms with Crippen LogP contribution in [0.5, 0.6) is 5.75 Å². The van der Waals surface area contributed by atoms with Crippen LogP contribution in [0, 0.1) is 6.92 Å². The molecule has 0 aliphatic carbocycles. The van der Waals surface area contributed by atoms with E-state index in [0.717, 1.165) is 18.9 Å². The lowest BCUT2D eigenvalue weighted by Crippen LogP contribution is -2.29. The predicted octanol–water partition coefficient (Wildman–Crippen LogP) is 4.28. The molecule has 108 valence electrons. The zero-order chi connectivity index (χ0) is 14.3. The van der Waals surface area contributed by atoms with Crippen molar-refractivity contribution in [3.63, 3.8) is 0 Å². The highest BCUT2D eigenvalue weighted by molar-refractivity contribution is 5.35. The van der Waals surface area contributed by atoms with Crippen molar-refractivity contribution in [3.05, 3.63) is 29.3 Å². The second-order valence-corrected chi connectivity index (χ2v) is 5.73. The van der Waals surface area contributed by atoms with Crippen LogP contribution in [0.4, 0.5) is 0 Å². The Kier molecular flexibility index (Phi) is 6.93. The third-order valence-corrected chi connectivity index (χ3v) is 3.33. The highest BCUT2D eigenvalue weighted by Crippen LogP contribution is 2.22. The quantitative estimate of drug-likeness (QED) is 0.707. The maximum Gasteiger partial charge on any atom is 0.119 e. The van der Waals surface area contributed by atoms with Crippen molar-refractivity contribution in [1.82, 2.24) is 5.32 Å². The minimum atomic E-state index is 0.546. The van der Waals surface area contributed by atoms with E-state index in [2.05, 4.69) is 58.1 Å². The standard InChI is InChI=1S/C17H29NO/c1-6-7-15(5)18-8-9-19-17-11-14(4)10-16(12-17)13(2)3/h10-13,15,18H,6-9H2,1-5H3. The minimum absolute atomic E-state index is 0.546. The molecule has 2 nitrogen and oxygen atoms in total. The lowest BCUT2D eigenvalue weighted by Gasteiger charge is -2.14. The number of rotatable bonds is 8. The van der Waals surface area contributed by atoms with Gasteiger partial charge in [0.05, 0.1) is 0 Å². The molecule has 0 aromatic heterocycles. The number of aryl methyl sites for hydroxylation is 1. The van der Waals surface area contributed by atoms with Crippen LogP contribution in [0.15, 0.2) is 18.2 Å². The molecule has 1 rings (SSSR count). The smallest absolute Gasteiger partial charge is 0.119 e. The van der Waals surface area contributed by atoms with E-state index in [1.165, 1.54) is 24.0 Å². The van der Waals surface area contributed by atoms with Gasteiger partial charge in [0.15, 0.2) is 0 Å². The Bertz CT molecular complexity index is 374. The molecular formula is C17H29NO. The summed E-state index contributed by atoms with van der Waals surface area (Å²) in [5.74, 6) is 1.54. The van der Waals surface area contributed by atoms with Gasteiger partial charge in [0.1, 0.15) is 12.4 Å². The number of nitrogens with one attached hydrogen (secondary N) is 1. The summed E-state index contributed by atoms with van der Waals surface area (Å²) >= 11 is 0. The fourth-order valence-corrected chi connectivity index (χ4v) is 2.20. The van der Waals surface area contributed by atoms with Gasteiger partial charge in [-0.05, 0) is 49.4 Å². The van der Waals surface area contributed by atoms with E-state index in [1.807, 2.05) is 0 Å². The molecule has 0 fully saturated rings. The summed E-state index contributed by atoms with van der Waals surface area (Å²) < 4.78 is 5.84. The molecule has 0 radical (unpaired) electrons. The van der Waals surface area contributed by atoms with Crippen molar-refractivity contribution in [2.45, 2.75) is 59.4 Å². The maximum atomic E-state index is 5.84. The summed E-state index contributed by atoms with van der Waals surface area (Å²) in [7, 11) is 0. The van der Waals surface area contributed by atoms with Crippen molar-refractivity contribution in [3.8, 4) is 5.75 Å². The molecular weight excluding hydrogens is 234 g/mol. The third-order valence-electron chi connectivity index (χ3n) is 3.33. The van der Waals surface area contributed by atoms with Crippen LogP contribution in [-0.4, -0.2) is 19.2 Å². The van der Waals surface area contributed by atoms with Gasteiger partial charge in [0.2, 0.25) is 0 Å². The maximum absolute atomic E-state index is 5.84. The van der Waals surface area contributed by atoms with Crippen LogP contribution in [0.3, 0.4) is 0 Å². The monoisotopic (exact) mass is 263 g/mol. The fraction of sp³-hybridized carbons (Fsp3) is 0.647. The van der Waals surface area contributed by atoms with Crippen molar-refractivity contribution in [1.29, 1.82) is 0 Å². The van der Waals surface area contributed by atoms with Gasteiger partial charge in [0.25, 0.3) is 0 Å². The Balaban J connectivity index is 2.41. The first-order chi connectivity index (χ1) is 9.02. The van der Waals surface area contributed by atoms with Crippen molar-refractivity contribution in [2.75, 3.05) is 13.2 Å². The highest BCUT2D eigenvalue weighted by atomic mass is 16.5. The summed E-state index contributed by atoms with van der Waals surface area (Å²) in [5.41, 5.74) is 2.62. The van der Waals surface area contributed by atoms with Crippen molar-refractivity contribution >= 4 is 0 Å². The molecule has 2 heteroatoms. The van der Waals surface area contributed by atoms with E-state index in [1.54, 1.807) is 0 Å². The van der Waals surface area contributed by atoms with Gasteiger partial charge in [-0.2, -0.15) is 0 Å². The zero-order valence-electron chi connectivity index (χ0n) is 13.1. The summed E-state index contributed by atoms with van der Waals surface area (Å²) in [5, 5.41) is 3.48. The second-order valence-electron chi connectivity index (χ2n) is 5.73. The lowest BCUT2D eigenvalue weighted by atomic mass is 10.0. The molecule has 0 saturated carbocycles. The van der Waals surface area contributed by atoms with E-state index in [-0.39, 0.29) is 0 Å². The molecule has 1 N–H and O–H groups in total. The van der Waals surface area contributed by atoms with E-state index in [0.29, 0.717) is 12.0 Å². The Labute approximate surface area is 118 Å². The second kappa shape index (κ2) is 8.21.